The molecule has 0 radical (unpaired) electrons. The Morgan fingerprint density at radius 2 is 2.17 bits per heavy atom. The number of anilines is 1. The Labute approximate surface area is 116 Å². The fourth-order valence-corrected chi connectivity index (χ4v) is 1.75. The maximum Gasteiger partial charge on any atom is 0.233 e. The highest BCUT2D eigenvalue weighted by Crippen LogP contribution is 2.28. The predicted octanol–water partition coefficient (Wildman–Crippen LogP) is 2.86. The van der Waals surface area contributed by atoms with Gasteiger partial charge in [0.05, 0.1) is 6.61 Å². The number of rotatable bonds is 8. The Morgan fingerprint density at radius 3 is 2.83 bits per heavy atom. The summed E-state index contributed by atoms with van der Waals surface area (Å²) in [5.74, 6) is 1.29. The van der Waals surface area contributed by atoms with Crippen LogP contribution in [-0.4, -0.2) is 35.8 Å². The molecule has 0 amide bonds. The molecule has 0 saturated heterocycles. The van der Waals surface area contributed by atoms with Crippen LogP contribution in [0.1, 0.15) is 27.2 Å². The molecule has 0 bridgehead atoms. The molecule has 1 atom stereocenters. The molecule has 1 aromatic rings. The van der Waals surface area contributed by atoms with Crippen LogP contribution in [0.4, 0.5) is 5.82 Å². The molecule has 1 heterocycles. The van der Waals surface area contributed by atoms with E-state index in [0.29, 0.717) is 19.1 Å². The molecule has 0 saturated carbocycles. The second kappa shape index (κ2) is 8.26. The molecule has 1 N–H and O–H groups in total. The van der Waals surface area contributed by atoms with Crippen molar-refractivity contribution in [3.8, 4) is 5.88 Å². The van der Waals surface area contributed by atoms with Gasteiger partial charge in [-0.05, 0) is 36.2 Å². The first-order chi connectivity index (χ1) is 8.69. The van der Waals surface area contributed by atoms with Crippen LogP contribution >= 0.6 is 15.9 Å². The van der Waals surface area contributed by atoms with Gasteiger partial charge < -0.3 is 14.8 Å². The van der Waals surface area contributed by atoms with Gasteiger partial charge in [-0.2, -0.15) is 0 Å². The molecule has 6 heteroatoms. The third-order valence-electron chi connectivity index (χ3n) is 2.17. The highest BCUT2D eigenvalue weighted by atomic mass is 79.9. The van der Waals surface area contributed by atoms with Crippen LogP contribution in [-0.2, 0) is 4.74 Å². The number of nitrogens with one attached hydrogen (secondary N) is 1. The summed E-state index contributed by atoms with van der Waals surface area (Å²) in [5.41, 5.74) is 0. The van der Waals surface area contributed by atoms with Gasteiger partial charge in [-0.25, -0.2) is 9.97 Å². The lowest BCUT2D eigenvalue weighted by molar-refractivity contribution is 0.0629. The number of halogens is 1. The van der Waals surface area contributed by atoms with Crippen LogP contribution in [0, 0.1) is 0 Å². The summed E-state index contributed by atoms with van der Waals surface area (Å²) >= 11 is 3.45. The SMILES string of the molecule is CCCNc1ncnc(OC(C)COCC)c1Br. The van der Waals surface area contributed by atoms with E-state index in [9.17, 15) is 0 Å². The van der Waals surface area contributed by atoms with Gasteiger partial charge in [0.15, 0.2) is 0 Å². The predicted molar refractivity (Wildman–Crippen MR) is 75.1 cm³/mol. The summed E-state index contributed by atoms with van der Waals surface area (Å²) in [6.07, 6.45) is 2.48. The second-order valence-corrected chi connectivity index (χ2v) is 4.65. The largest absolute Gasteiger partial charge is 0.471 e. The van der Waals surface area contributed by atoms with Crippen molar-refractivity contribution in [1.82, 2.24) is 9.97 Å². The molecular formula is C12H20BrN3O2. The van der Waals surface area contributed by atoms with Gasteiger partial charge in [0.2, 0.25) is 5.88 Å². The molecule has 0 aliphatic carbocycles. The third-order valence-corrected chi connectivity index (χ3v) is 2.88. The molecule has 0 spiro atoms. The molecular weight excluding hydrogens is 298 g/mol. The van der Waals surface area contributed by atoms with Gasteiger partial charge in [-0.1, -0.05) is 6.92 Å². The highest BCUT2D eigenvalue weighted by Gasteiger charge is 2.12. The van der Waals surface area contributed by atoms with Gasteiger partial charge >= 0.3 is 0 Å². The zero-order valence-electron chi connectivity index (χ0n) is 11.1. The van der Waals surface area contributed by atoms with Crippen LogP contribution in [0.2, 0.25) is 0 Å². The lowest BCUT2D eigenvalue weighted by atomic mass is 10.4. The minimum absolute atomic E-state index is 0.0461. The smallest absolute Gasteiger partial charge is 0.233 e. The zero-order valence-corrected chi connectivity index (χ0v) is 12.7. The molecule has 102 valence electrons. The number of ether oxygens (including phenoxy) is 2. The van der Waals surface area contributed by atoms with Crippen LogP contribution in [0.3, 0.4) is 0 Å². The Morgan fingerprint density at radius 1 is 1.39 bits per heavy atom. The van der Waals surface area contributed by atoms with E-state index in [1.807, 2.05) is 13.8 Å². The van der Waals surface area contributed by atoms with E-state index in [4.69, 9.17) is 9.47 Å². The minimum atomic E-state index is -0.0461. The van der Waals surface area contributed by atoms with Crippen molar-refractivity contribution in [2.75, 3.05) is 25.1 Å². The number of hydrogen-bond donors (Lipinski definition) is 1. The van der Waals surface area contributed by atoms with E-state index >= 15 is 0 Å². The molecule has 0 fully saturated rings. The van der Waals surface area contributed by atoms with E-state index < -0.39 is 0 Å². The Hall–Kier alpha value is -0.880. The van der Waals surface area contributed by atoms with Gasteiger partial charge in [-0.15, -0.1) is 0 Å². The Balaban J connectivity index is 2.64. The van der Waals surface area contributed by atoms with Crippen molar-refractivity contribution < 1.29 is 9.47 Å². The summed E-state index contributed by atoms with van der Waals surface area (Å²) in [6.45, 7) is 8.10. The first kappa shape index (κ1) is 15.2. The van der Waals surface area contributed by atoms with Crippen molar-refractivity contribution in [2.45, 2.75) is 33.3 Å². The summed E-state index contributed by atoms with van der Waals surface area (Å²) in [5, 5.41) is 3.21. The van der Waals surface area contributed by atoms with E-state index in [2.05, 4.69) is 38.1 Å². The molecule has 1 rings (SSSR count). The molecule has 0 aliphatic heterocycles. The number of nitrogens with zero attached hydrogens (tertiary/aromatic N) is 2. The van der Waals surface area contributed by atoms with Crippen LogP contribution in [0.25, 0.3) is 0 Å². The maximum atomic E-state index is 5.70. The van der Waals surface area contributed by atoms with Crippen molar-refractivity contribution >= 4 is 21.7 Å². The van der Waals surface area contributed by atoms with E-state index in [1.165, 1.54) is 6.33 Å². The van der Waals surface area contributed by atoms with E-state index in [1.54, 1.807) is 0 Å². The normalized spacial score (nSPS) is 12.2. The standard InChI is InChI=1S/C12H20BrN3O2/c1-4-6-14-11-10(13)12(16-8-15-11)18-9(3)7-17-5-2/h8-9H,4-7H2,1-3H3,(H,14,15,16). The molecule has 0 aliphatic rings. The van der Waals surface area contributed by atoms with Gasteiger partial charge in [0.1, 0.15) is 22.7 Å². The van der Waals surface area contributed by atoms with Crippen molar-refractivity contribution in [1.29, 1.82) is 0 Å². The Kier molecular flexibility index (Phi) is 6.97. The molecule has 0 aromatic carbocycles. The summed E-state index contributed by atoms with van der Waals surface area (Å²) < 4.78 is 11.8. The van der Waals surface area contributed by atoms with E-state index in [0.717, 1.165) is 23.3 Å². The molecule has 1 aromatic heterocycles. The number of aromatic nitrogens is 2. The van der Waals surface area contributed by atoms with Gasteiger partial charge in [-0.3, -0.25) is 0 Å². The summed E-state index contributed by atoms with van der Waals surface area (Å²) in [4.78, 5) is 8.28. The fourth-order valence-electron chi connectivity index (χ4n) is 1.31. The Bertz CT molecular complexity index is 363. The quantitative estimate of drug-likeness (QED) is 0.799. The fraction of sp³-hybridized carbons (Fsp3) is 0.667. The lowest BCUT2D eigenvalue weighted by Crippen LogP contribution is -2.20. The number of hydrogen-bond acceptors (Lipinski definition) is 5. The monoisotopic (exact) mass is 317 g/mol. The molecule has 18 heavy (non-hydrogen) atoms. The van der Waals surface area contributed by atoms with E-state index in [-0.39, 0.29) is 6.10 Å². The first-order valence-corrected chi connectivity index (χ1v) is 6.97. The van der Waals surface area contributed by atoms with Crippen LogP contribution in [0.15, 0.2) is 10.8 Å². The lowest BCUT2D eigenvalue weighted by Gasteiger charge is -2.15. The zero-order chi connectivity index (χ0) is 13.4. The summed E-state index contributed by atoms with van der Waals surface area (Å²) in [7, 11) is 0. The second-order valence-electron chi connectivity index (χ2n) is 3.86. The average molecular weight is 318 g/mol. The molecule has 1 unspecified atom stereocenters. The third kappa shape index (κ3) is 4.78. The van der Waals surface area contributed by atoms with Gasteiger partial charge in [0.25, 0.3) is 0 Å². The molecule has 5 nitrogen and oxygen atoms in total. The van der Waals surface area contributed by atoms with Gasteiger partial charge in [0, 0.05) is 13.2 Å². The van der Waals surface area contributed by atoms with Crippen molar-refractivity contribution in [3.05, 3.63) is 10.8 Å². The van der Waals surface area contributed by atoms with Crippen LogP contribution in [0.5, 0.6) is 5.88 Å². The first-order valence-electron chi connectivity index (χ1n) is 6.17. The van der Waals surface area contributed by atoms with Crippen molar-refractivity contribution in [2.24, 2.45) is 0 Å². The minimum Gasteiger partial charge on any atom is -0.471 e. The maximum absolute atomic E-state index is 5.70. The summed E-state index contributed by atoms with van der Waals surface area (Å²) in [6, 6.07) is 0. The van der Waals surface area contributed by atoms with Crippen LogP contribution < -0.4 is 10.1 Å². The van der Waals surface area contributed by atoms with Crippen molar-refractivity contribution in [3.63, 3.8) is 0 Å². The highest BCUT2D eigenvalue weighted by molar-refractivity contribution is 9.10. The topological polar surface area (TPSA) is 56.3 Å². The average Bonchev–Trinajstić information content (AvgIpc) is 2.37.